The van der Waals surface area contributed by atoms with E-state index >= 15 is 0 Å². The summed E-state index contributed by atoms with van der Waals surface area (Å²) < 4.78 is 0. The van der Waals surface area contributed by atoms with Crippen LogP contribution in [0.5, 0.6) is 0 Å². The molecule has 0 aliphatic rings. The third-order valence-corrected chi connectivity index (χ3v) is 3.29. The van der Waals surface area contributed by atoms with Crippen molar-refractivity contribution >= 4 is 23.5 Å². The average molecular weight is 278 g/mol. The van der Waals surface area contributed by atoms with Crippen LogP contribution in [0.3, 0.4) is 0 Å². The molecule has 2 aromatic rings. The highest BCUT2D eigenvalue weighted by Crippen LogP contribution is 2.24. The van der Waals surface area contributed by atoms with E-state index in [1.165, 1.54) is 0 Å². The van der Waals surface area contributed by atoms with Crippen LogP contribution in [0, 0.1) is 13.8 Å². The lowest BCUT2D eigenvalue weighted by molar-refractivity contribution is 0.564. The van der Waals surface area contributed by atoms with E-state index in [1.54, 1.807) is 12.2 Å². The first-order valence-electron chi connectivity index (χ1n) is 6.49. The molecule has 2 rings (SSSR count). The van der Waals surface area contributed by atoms with Gasteiger partial charge in [-0.2, -0.15) is 9.98 Å². The summed E-state index contributed by atoms with van der Waals surface area (Å²) in [5.41, 5.74) is 5.16. The largest absolute Gasteiger partial charge is 0.240 e. The van der Waals surface area contributed by atoms with Crippen molar-refractivity contribution in [2.45, 2.75) is 20.3 Å². The zero-order chi connectivity index (χ0) is 15.2. The van der Waals surface area contributed by atoms with Crippen LogP contribution in [0.15, 0.2) is 46.4 Å². The summed E-state index contributed by atoms with van der Waals surface area (Å²) in [6, 6.07) is 11.5. The van der Waals surface area contributed by atoms with E-state index in [4.69, 9.17) is 0 Å². The zero-order valence-corrected chi connectivity index (χ0v) is 11.9. The van der Waals surface area contributed by atoms with Crippen molar-refractivity contribution in [2.75, 3.05) is 0 Å². The highest BCUT2D eigenvalue weighted by Gasteiger charge is 2.04. The van der Waals surface area contributed by atoms with Crippen LogP contribution in [0.2, 0.25) is 0 Å². The molecule has 0 saturated heterocycles. The Kier molecular flexibility index (Phi) is 4.57. The van der Waals surface area contributed by atoms with E-state index in [2.05, 4.69) is 9.98 Å². The monoisotopic (exact) mass is 278 g/mol. The van der Waals surface area contributed by atoms with Crippen molar-refractivity contribution in [3.05, 3.63) is 58.7 Å². The summed E-state index contributed by atoms with van der Waals surface area (Å²) in [6.45, 7) is 3.78. The molecule has 0 atom stereocenters. The summed E-state index contributed by atoms with van der Waals surface area (Å²) >= 11 is 0. The third-order valence-electron chi connectivity index (χ3n) is 3.29. The fourth-order valence-corrected chi connectivity index (χ4v) is 2.10. The van der Waals surface area contributed by atoms with Crippen LogP contribution in [-0.4, -0.2) is 12.2 Å². The van der Waals surface area contributed by atoms with Crippen molar-refractivity contribution in [2.24, 2.45) is 9.98 Å². The lowest BCUT2D eigenvalue weighted by Gasteiger charge is -2.07. The van der Waals surface area contributed by atoms with Crippen LogP contribution in [0.1, 0.15) is 22.3 Å². The summed E-state index contributed by atoms with van der Waals surface area (Å²) in [6.07, 6.45) is 3.80. The molecule has 0 aliphatic heterocycles. The van der Waals surface area contributed by atoms with Crippen molar-refractivity contribution < 1.29 is 9.59 Å². The number of hydrogen-bond acceptors (Lipinski definition) is 4. The maximum absolute atomic E-state index is 10.4. The number of aryl methyl sites for hydroxylation is 2. The zero-order valence-electron chi connectivity index (χ0n) is 11.9. The topological polar surface area (TPSA) is 58.9 Å². The third kappa shape index (κ3) is 3.61. The Hall–Kier alpha value is -2.80. The molecule has 0 aromatic heterocycles. The molecule has 0 radical (unpaired) electrons. The van der Waals surface area contributed by atoms with Gasteiger partial charge < -0.3 is 0 Å². The molecule has 0 amide bonds. The summed E-state index contributed by atoms with van der Waals surface area (Å²) in [7, 11) is 0. The molecule has 21 heavy (non-hydrogen) atoms. The van der Waals surface area contributed by atoms with Crippen LogP contribution in [0.25, 0.3) is 0 Å². The first-order chi connectivity index (χ1) is 10.1. The van der Waals surface area contributed by atoms with Gasteiger partial charge in [-0.1, -0.05) is 24.3 Å². The Labute approximate surface area is 122 Å². The van der Waals surface area contributed by atoms with Gasteiger partial charge in [-0.15, -0.1) is 0 Å². The standard InChI is InChI=1S/C17H14N2O2/c1-12-3-5-14(8-16(12)18-10-20)7-15-6-4-13(2)17(9-15)19-11-21/h3-6,8-9H,7H2,1-2H3. The molecule has 2 aromatic carbocycles. The van der Waals surface area contributed by atoms with Crippen LogP contribution in [-0.2, 0) is 16.0 Å². The SMILES string of the molecule is Cc1ccc(Cc2ccc(C)c(N=C=O)c2)cc1N=C=O. The van der Waals surface area contributed by atoms with Gasteiger partial charge in [-0.3, -0.25) is 0 Å². The predicted octanol–water partition coefficient (Wildman–Crippen LogP) is 3.83. The van der Waals surface area contributed by atoms with Gasteiger partial charge in [0.25, 0.3) is 0 Å². The molecule has 0 fully saturated rings. The van der Waals surface area contributed by atoms with Gasteiger partial charge in [0, 0.05) is 0 Å². The Bertz CT molecular complexity index is 703. The maximum atomic E-state index is 10.4. The highest BCUT2D eigenvalue weighted by molar-refractivity contribution is 5.57. The molecule has 4 nitrogen and oxygen atoms in total. The van der Waals surface area contributed by atoms with E-state index in [0.29, 0.717) is 17.8 Å². The molecular weight excluding hydrogens is 264 g/mol. The molecule has 0 N–H and O–H groups in total. The molecule has 0 bridgehead atoms. The fourth-order valence-electron chi connectivity index (χ4n) is 2.10. The van der Waals surface area contributed by atoms with E-state index < -0.39 is 0 Å². The van der Waals surface area contributed by atoms with Gasteiger partial charge in [0.15, 0.2) is 0 Å². The quantitative estimate of drug-likeness (QED) is 0.630. The van der Waals surface area contributed by atoms with E-state index in [0.717, 1.165) is 22.3 Å². The minimum atomic E-state index is 0.626. The van der Waals surface area contributed by atoms with Gasteiger partial charge in [-0.05, 0) is 54.7 Å². The molecule has 0 heterocycles. The Morgan fingerprint density at radius 1 is 0.810 bits per heavy atom. The van der Waals surface area contributed by atoms with Gasteiger partial charge in [0.1, 0.15) is 0 Å². The van der Waals surface area contributed by atoms with Crippen LogP contribution < -0.4 is 0 Å². The number of nitrogens with zero attached hydrogens (tertiary/aromatic N) is 2. The fraction of sp³-hybridized carbons (Fsp3) is 0.176. The average Bonchev–Trinajstić information content (AvgIpc) is 2.47. The molecule has 0 unspecified atom stereocenters. The number of aliphatic imine (C=N–C) groups is 2. The number of carbonyl (C=O) groups excluding carboxylic acids is 2. The summed E-state index contributed by atoms with van der Waals surface area (Å²) in [5, 5.41) is 0. The second kappa shape index (κ2) is 6.58. The van der Waals surface area contributed by atoms with Gasteiger partial charge in [0.2, 0.25) is 12.2 Å². The van der Waals surface area contributed by atoms with Gasteiger partial charge in [0.05, 0.1) is 11.4 Å². The smallest absolute Gasteiger partial charge is 0.211 e. The molecule has 0 saturated carbocycles. The Balaban J connectivity index is 2.34. The number of benzene rings is 2. The molecule has 0 aliphatic carbocycles. The first-order valence-corrected chi connectivity index (χ1v) is 6.49. The van der Waals surface area contributed by atoms with E-state index in [-0.39, 0.29) is 0 Å². The normalized spacial score (nSPS) is 9.62. The summed E-state index contributed by atoms with van der Waals surface area (Å²) in [4.78, 5) is 28.2. The number of hydrogen-bond donors (Lipinski definition) is 0. The van der Waals surface area contributed by atoms with Gasteiger partial charge >= 0.3 is 0 Å². The molecule has 104 valence electrons. The van der Waals surface area contributed by atoms with Crippen molar-refractivity contribution in [1.29, 1.82) is 0 Å². The first kappa shape index (κ1) is 14.6. The molecule has 4 heteroatoms. The summed E-state index contributed by atoms with van der Waals surface area (Å²) in [5.74, 6) is 0. The minimum Gasteiger partial charge on any atom is -0.211 e. The minimum absolute atomic E-state index is 0.626. The second-order valence-electron chi connectivity index (χ2n) is 4.82. The number of rotatable bonds is 4. The van der Waals surface area contributed by atoms with Gasteiger partial charge in [-0.25, -0.2) is 9.59 Å². The Morgan fingerprint density at radius 3 is 1.62 bits per heavy atom. The van der Waals surface area contributed by atoms with E-state index in [9.17, 15) is 9.59 Å². The molecular formula is C17H14N2O2. The van der Waals surface area contributed by atoms with E-state index in [1.807, 2.05) is 50.2 Å². The van der Waals surface area contributed by atoms with Crippen LogP contribution >= 0.6 is 0 Å². The van der Waals surface area contributed by atoms with Crippen molar-refractivity contribution in [1.82, 2.24) is 0 Å². The maximum Gasteiger partial charge on any atom is 0.240 e. The highest BCUT2D eigenvalue weighted by atomic mass is 16.1. The van der Waals surface area contributed by atoms with Crippen molar-refractivity contribution in [3.63, 3.8) is 0 Å². The number of isocyanates is 2. The predicted molar refractivity (Wildman–Crippen MR) is 80.7 cm³/mol. The second-order valence-corrected chi connectivity index (χ2v) is 4.82. The van der Waals surface area contributed by atoms with Crippen LogP contribution in [0.4, 0.5) is 11.4 Å². The lowest BCUT2D eigenvalue weighted by Crippen LogP contribution is -1.90. The Morgan fingerprint density at radius 2 is 1.24 bits per heavy atom. The van der Waals surface area contributed by atoms with Crippen molar-refractivity contribution in [3.8, 4) is 0 Å². The lowest BCUT2D eigenvalue weighted by atomic mass is 10.0. The molecule has 0 spiro atoms.